The van der Waals surface area contributed by atoms with Crippen LogP contribution in [-0.2, 0) is 6.42 Å². The van der Waals surface area contributed by atoms with E-state index in [2.05, 4.69) is 20.1 Å². The molecule has 1 fully saturated rings. The van der Waals surface area contributed by atoms with Gasteiger partial charge < -0.3 is 9.42 Å². The summed E-state index contributed by atoms with van der Waals surface area (Å²) in [6.07, 6.45) is 7.41. The molecular weight excluding hydrogens is 342 g/mol. The van der Waals surface area contributed by atoms with Crippen LogP contribution in [0.1, 0.15) is 34.7 Å². The number of carbonyl (C=O) groups excluding carboxylic acids is 1. The number of aromatic nitrogens is 4. The van der Waals surface area contributed by atoms with Crippen LogP contribution in [-0.4, -0.2) is 44.0 Å². The van der Waals surface area contributed by atoms with E-state index in [0.717, 1.165) is 43.5 Å². The van der Waals surface area contributed by atoms with E-state index in [-0.39, 0.29) is 5.91 Å². The van der Waals surface area contributed by atoms with Crippen LogP contribution < -0.4 is 0 Å². The van der Waals surface area contributed by atoms with Gasteiger partial charge in [0.2, 0.25) is 11.7 Å². The molecule has 3 aromatic rings. The summed E-state index contributed by atoms with van der Waals surface area (Å²) in [6.45, 7) is 3.53. The third-order valence-corrected chi connectivity index (χ3v) is 4.92. The molecule has 0 atom stereocenters. The first-order chi connectivity index (χ1) is 13.2. The lowest BCUT2D eigenvalue weighted by atomic mass is 9.93. The van der Waals surface area contributed by atoms with Crippen LogP contribution in [0.5, 0.6) is 0 Å². The van der Waals surface area contributed by atoms with Gasteiger partial charge in [0.05, 0.1) is 6.20 Å². The maximum atomic E-state index is 12.6. The smallest absolute Gasteiger partial charge is 0.253 e. The summed E-state index contributed by atoms with van der Waals surface area (Å²) in [5, 5.41) is 3.99. The van der Waals surface area contributed by atoms with E-state index < -0.39 is 0 Å². The summed E-state index contributed by atoms with van der Waals surface area (Å²) in [6, 6.07) is 7.75. The van der Waals surface area contributed by atoms with E-state index in [4.69, 9.17) is 4.52 Å². The van der Waals surface area contributed by atoms with Gasteiger partial charge in [-0.1, -0.05) is 22.9 Å². The molecule has 0 bridgehead atoms. The summed E-state index contributed by atoms with van der Waals surface area (Å²) >= 11 is 0. The minimum Gasteiger partial charge on any atom is -0.339 e. The predicted molar refractivity (Wildman–Crippen MR) is 98.8 cm³/mol. The third-order valence-electron chi connectivity index (χ3n) is 4.92. The number of likely N-dealkylation sites (tertiary alicyclic amines) is 1. The van der Waals surface area contributed by atoms with Crippen molar-refractivity contribution in [3.8, 4) is 11.5 Å². The van der Waals surface area contributed by atoms with Crippen molar-refractivity contribution >= 4 is 5.91 Å². The average Bonchev–Trinajstić information content (AvgIpc) is 3.18. The fraction of sp³-hybridized carbons (Fsp3) is 0.350. The van der Waals surface area contributed by atoms with Gasteiger partial charge in [-0.15, -0.1) is 0 Å². The van der Waals surface area contributed by atoms with Gasteiger partial charge >= 0.3 is 0 Å². The molecule has 1 aliphatic heterocycles. The van der Waals surface area contributed by atoms with Crippen molar-refractivity contribution in [2.45, 2.75) is 26.2 Å². The van der Waals surface area contributed by atoms with E-state index >= 15 is 0 Å². The first kappa shape index (κ1) is 17.3. The Balaban J connectivity index is 1.33. The lowest BCUT2D eigenvalue weighted by Gasteiger charge is -2.31. The zero-order valence-corrected chi connectivity index (χ0v) is 15.2. The number of hydrogen-bond donors (Lipinski definition) is 0. The van der Waals surface area contributed by atoms with Gasteiger partial charge in [-0.3, -0.25) is 9.78 Å². The van der Waals surface area contributed by atoms with Gasteiger partial charge in [-0.25, -0.2) is 4.98 Å². The van der Waals surface area contributed by atoms with E-state index in [1.165, 1.54) is 0 Å². The molecule has 7 nitrogen and oxygen atoms in total. The first-order valence-corrected chi connectivity index (χ1v) is 9.14. The van der Waals surface area contributed by atoms with Gasteiger partial charge in [-0.2, -0.15) is 4.98 Å². The third kappa shape index (κ3) is 4.02. The van der Waals surface area contributed by atoms with E-state index in [1.54, 1.807) is 18.6 Å². The number of aryl methyl sites for hydroxylation is 1. The number of carbonyl (C=O) groups is 1. The monoisotopic (exact) mass is 363 g/mol. The largest absolute Gasteiger partial charge is 0.339 e. The Morgan fingerprint density at radius 3 is 2.67 bits per heavy atom. The summed E-state index contributed by atoms with van der Waals surface area (Å²) in [4.78, 5) is 27.2. The van der Waals surface area contributed by atoms with Crippen LogP contribution in [0.3, 0.4) is 0 Å². The van der Waals surface area contributed by atoms with Crippen molar-refractivity contribution in [1.29, 1.82) is 0 Å². The second-order valence-corrected chi connectivity index (χ2v) is 6.91. The van der Waals surface area contributed by atoms with Crippen molar-refractivity contribution in [3.63, 3.8) is 0 Å². The highest BCUT2D eigenvalue weighted by atomic mass is 16.5. The molecule has 1 amide bonds. The Labute approximate surface area is 157 Å². The molecule has 0 aliphatic carbocycles. The highest BCUT2D eigenvalue weighted by molar-refractivity contribution is 5.94. The highest BCUT2D eigenvalue weighted by Gasteiger charge is 2.25. The molecule has 0 radical (unpaired) electrons. The molecule has 3 heterocycles. The Kier molecular flexibility index (Phi) is 4.91. The van der Waals surface area contributed by atoms with E-state index in [0.29, 0.717) is 23.3 Å². The Morgan fingerprint density at radius 2 is 1.96 bits per heavy atom. The fourth-order valence-electron chi connectivity index (χ4n) is 3.32. The van der Waals surface area contributed by atoms with Crippen LogP contribution in [0, 0.1) is 12.8 Å². The van der Waals surface area contributed by atoms with Crippen LogP contribution in [0.15, 0.2) is 47.4 Å². The standard InChI is InChI=1S/C20H21N5O2/c1-14-2-4-16(5-3-14)20(26)25-10-6-15(7-11-25)12-18-23-19(24-27-18)17-13-21-8-9-22-17/h2-5,8-9,13,15H,6-7,10-12H2,1H3. The summed E-state index contributed by atoms with van der Waals surface area (Å²) in [7, 11) is 0. The Morgan fingerprint density at radius 1 is 1.19 bits per heavy atom. The summed E-state index contributed by atoms with van der Waals surface area (Å²) in [5.74, 6) is 1.61. The quantitative estimate of drug-likeness (QED) is 0.708. The van der Waals surface area contributed by atoms with Crippen molar-refractivity contribution < 1.29 is 9.32 Å². The maximum absolute atomic E-state index is 12.6. The van der Waals surface area contributed by atoms with Gasteiger partial charge in [-0.05, 0) is 37.8 Å². The molecular formula is C20H21N5O2. The average molecular weight is 363 g/mol. The highest BCUT2D eigenvalue weighted by Crippen LogP contribution is 2.23. The van der Waals surface area contributed by atoms with Crippen molar-refractivity contribution in [2.75, 3.05) is 13.1 Å². The SMILES string of the molecule is Cc1ccc(C(=O)N2CCC(Cc3nc(-c4cnccn4)no3)CC2)cc1. The molecule has 138 valence electrons. The summed E-state index contributed by atoms with van der Waals surface area (Å²) < 4.78 is 5.37. The lowest BCUT2D eigenvalue weighted by molar-refractivity contribution is 0.0687. The molecule has 4 rings (SSSR count). The number of nitrogens with zero attached hydrogens (tertiary/aromatic N) is 5. The topological polar surface area (TPSA) is 85.0 Å². The fourth-order valence-corrected chi connectivity index (χ4v) is 3.32. The van der Waals surface area contributed by atoms with Gasteiger partial charge in [0.1, 0.15) is 5.69 Å². The Bertz CT molecular complexity index is 900. The molecule has 7 heteroatoms. The molecule has 0 spiro atoms. The van der Waals surface area contributed by atoms with Crippen LogP contribution in [0.4, 0.5) is 0 Å². The van der Waals surface area contributed by atoms with Crippen molar-refractivity contribution in [1.82, 2.24) is 25.0 Å². The predicted octanol–water partition coefficient (Wildman–Crippen LogP) is 2.93. The lowest BCUT2D eigenvalue weighted by Crippen LogP contribution is -2.38. The minimum absolute atomic E-state index is 0.108. The molecule has 1 aliphatic rings. The maximum Gasteiger partial charge on any atom is 0.253 e. The zero-order valence-electron chi connectivity index (χ0n) is 15.2. The number of benzene rings is 1. The Hall–Kier alpha value is -3.09. The molecule has 0 saturated carbocycles. The first-order valence-electron chi connectivity index (χ1n) is 9.14. The minimum atomic E-state index is 0.108. The second-order valence-electron chi connectivity index (χ2n) is 6.91. The van der Waals surface area contributed by atoms with Gasteiger partial charge in [0.15, 0.2) is 0 Å². The molecule has 0 unspecified atom stereocenters. The molecule has 1 saturated heterocycles. The number of hydrogen-bond acceptors (Lipinski definition) is 6. The molecule has 1 aromatic carbocycles. The number of piperidine rings is 1. The van der Waals surface area contributed by atoms with Crippen LogP contribution in [0.25, 0.3) is 11.5 Å². The van der Waals surface area contributed by atoms with Gasteiger partial charge in [0, 0.05) is 37.5 Å². The molecule has 0 N–H and O–H groups in total. The number of amides is 1. The van der Waals surface area contributed by atoms with Crippen LogP contribution in [0.2, 0.25) is 0 Å². The molecule has 27 heavy (non-hydrogen) atoms. The van der Waals surface area contributed by atoms with Crippen molar-refractivity contribution in [3.05, 3.63) is 59.9 Å². The van der Waals surface area contributed by atoms with E-state index in [1.807, 2.05) is 36.1 Å². The van der Waals surface area contributed by atoms with Gasteiger partial charge in [0.25, 0.3) is 5.91 Å². The summed E-state index contributed by atoms with van der Waals surface area (Å²) in [5.41, 5.74) is 2.52. The molecule has 2 aromatic heterocycles. The second kappa shape index (κ2) is 7.65. The van der Waals surface area contributed by atoms with E-state index in [9.17, 15) is 4.79 Å². The van der Waals surface area contributed by atoms with Crippen LogP contribution >= 0.6 is 0 Å². The normalized spacial score (nSPS) is 15.1. The number of rotatable bonds is 4. The zero-order chi connectivity index (χ0) is 18.6. The van der Waals surface area contributed by atoms with Crippen molar-refractivity contribution in [2.24, 2.45) is 5.92 Å².